The zero-order valence-electron chi connectivity index (χ0n) is 24.1. The van der Waals surface area contributed by atoms with E-state index in [4.69, 9.17) is 9.47 Å². The molecule has 8 N–H and O–H groups in total. The number of unbranched alkanes of at least 4 members (excludes halogenated alkanes) is 8. The Bertz CT molecular complexity index is 870. The lowest BCUT2D eigenvalue weighted by Crippen LogP contribution is -2.59. The van der Waals surface area contributed by atoms with Gasteiger partial charge >= 0.3 is 0 Å². The van der Waals surface area contributed by atoms with Crippen LogP contribution < -0.4 is 0 Å². The van der Waals surface area contributed by atoms with Crippen LogP contribution in [0.5, 0.6) is 17.2 Å². The van der Waals surface area contributed by atoms with E-state index in [0.29, 0.717) is 25.7 Å². The van der Waals surface area contributed by atoms with Crippen molar-refractivity contribution in [2.75, 3.05) is 6.61 Å². The SMILES string of the molecule is CCCCC(O)CC(CCCCCCCCCCC(=O)c1c(O)cc(O)cc1O)OC1OC(CO)C(O)C(O)C1O. The monoisotopic (exact) mass is 586 g/mol. The van der Waals surface area contributed by atoms with Crippen LogP contribution in [0.15, 0.2) is 12.1 Å². The highest BCUT2D eigenvalue weighted by molar-refractivity contribution is 6.01. The molecule has 1 saturated heterocycles. The maximum absolute atomic E-state index is 12.3. The largest absolute Gasteiger partial charge is 0.508 e. The van der Waals surface area contributed by atoms with Gasteiger partial charge in [0.25, 0.3) is 0 Å². The van der Waals surface area contributed by atoms with Gasteiger partial charge < -0.3 is 50.3 Å². The molecule has 1 heterocycles. The van der Waals surface area contributed by atoms with Crippen molar-refractivity contribution in [2.24, 2.45) is 0 Å². The molecule has 1 aromatic carbocycles. The quantitative estimate of drug-likeness (QED) is 0.0825. The molecule has 1 aliphatic heterocycles. The number of benzene rings is 1. The van der Waals surface area contributed by atoms with Gasteiger partial charge in [-0.2, -0.15) is 0 Å². The molecular weight excluding hydrogens is 536 g/mol. The van der Waals surface area contributed by atoms with E-state index in [2.05, 4.69) is 0 Å². The number of hydrogen-bond donors (Lipinski definition) is 8. The van der Waals surface area contributed by atoms with Crippen molar-refractivity contribution in [2.45, 2.75) is 140 Å². The fourth-order valence-corrected chi connectivity index (χ4v) is 5.20. The lowest BCUT2D eigenvalue weighted by molar-refractivity contribution is -0.313. The number of hydrogen-bond acceptors (Lipinski definition) is 11. The summed E-state index contributed by atoms with van der Waals surface area (Å²) in [4.78, 5) is 12.3. The van der Waals surface area contributed by atoms with E-state index in [0.717, 1.165) is 69.9 Å². The molecule has 1 fully saturated rings. The topological polar surface area (TPSA) is 197 Å². The van der Waals surface area contributed by atoms with Gasteiger partial charge in [-0.25, -0.2) is 0 Å². The second-order valence-corrected chi connectivity index (χ2v) is 11.1. The van der Waals surface area contributed by atoms with Gasteiger partial charge in [0.2, 0.25) is 0 Å². The summed E-state index contributed by atoms with van der Waals surface area (Å²) in [5.41, 5.74) is -0.158. The van der Waals surface area contributed by atoms with E-state index >= 15 is 0 Å². The van der Waals surface area contributed by atoms with E-state index in [1.165, 1.54) is 0 Å². The third-order valence-electron chi connectivity index (χ3n) is 7.64. The smallest absolute Gasteiger partial charge is 0.186 e. The lowest BCUT2D eigenvalue weighted by Gasteiger charge is -2.41. The van der Waals surface area contributed by atoms with Crippen LogP contribution in [0.1, 0.15) is 107 Å². The zero-order chi connectivity index (χ0) is 30.4. The number of ether oxygens (including phenoxy) is 2. The van der Waals surface area contributed by atoms with E-state index in [-0.39, 0.29) is 23.5 Å². The zero-order valence-corrected chi connectivity index (χ0v) is 24.1. The minimum Gasteiger partial charge on any atom is -0.508 e. The highest BCUT2D eigenvalue weighted by Gasteiger charge is 2.44. The van der Waals surface area contributed by atoms with Crippen LogP contribution in [0.4, 0.5) is 0 Å². The summed E-state index contributed by atoms with van der Waals surface area (Å²) in [5, 5.41) is 79.3. The van der Waals surface area contributed by atoms with Crippen molar-refractivity contribution in [1.29, 1.82) is 0 Å². The number of aliphatic hydroxyl groups is 5. The number of carbonyl (C=O) groups excluding carboxylic acids is 1. The highest BCUT2D eigenvalue weighted by Crippen LogP contribution is 2.33. The van der Waals surface area contributed by atoms with Crippen molar-refractivity contribution < 1.29 is 55.1 Å². The molecule has 41 heavy (non-hydrogen) atoms. The number of aromatic hydroxyl groups is 3. The average Bonchev–Trinajstić information content (AvgIpc) is 2.92. The Morgan fingerprint density at radius 2 is 1.44 bits per heavy atom. The summed E-state index contributed by atoms with van der Waals surface area (Å²) >= 11 is 0. The van der Waals surface area contributed by atoms with Crippen LogP contribution in [0.25, 0.3) is 0 Å². The first kappa shape index (κ1) is 35.2. The van der Waals surface area contributed by atoms with Gasteiger partial charge in [-0.05, 0) is 25.7 Å². The molecule has 2 rings (SSSR count). The van der Waals surface area contributed by atoms with Crippen LogP contribution in [0, 0.1) is 0 Å². The molecule has 11 heteroatoms. The molecule has 0 aromatic heterocycles. The van der Waals surface area contributed by atoms with Crippen molar-refractivity contribution in [3.05, 3.63) is 17.7 Å². The minimum absolute atomic E-state index is 0.158. The number of ketones is 1. The number of rotatable bonds is 20. The summed E-state index contributed by atoms with van der Waals surface area (Å²) in [6, 6.07) is 2.07. The molecule has 7 atom stereocenters. The number of phenolic OH excluding ortho intramolecular Hbond substituents is 3. The molecule has 7 unspecified atom stereocenters. The van der Waals surface area contributed by atoms with Crippen LogP contribution in [-0.2, 0) is 9.47 Å². The van der Waals surface area contributed by atoms with Gasteiger partial charge in [0, 0.05) is 18.6 Å². The molecule has 236 valence electrons. The van der Waals surface area contributed by atoms with E-state index in [1.54, 1.807) is 0 Å². The molecule has 0 saturated carbocycles. The number of carbonyl (C=O) groups is 1. The van der Waals surface area contributed by atoms with E-state index < -0.39 is 61.0 Å². The Hall–Kier alpha value is -1.99. The van der Waals surface area contributed by atoms with Crippen LogP contribution in [0.2, 0.25) is 0 Å². The van der Waals surface area contributed by atoms with E-state index in [1.807, 2.05) is 6.92 Å². The first-order valence-electron chi connectivity index (χ1n) is 15.0. The fourth-order valence-electron chi connectivity index (χ4n) is 5.20. The first-order chi connectivity index (χ1) is 19.6. The molecule has 1 aliphatic rings. The Labute approximate surface area is 242 Å². The number of Topliss-reactive ketones (excluding diaryl/α,β-unsaturated/α-hetero) is 1. The Kier molecular flexibility index (Phi) is 15.9. The van der Waals surface area contributed by atoms with Gasteiger partial charge in [-0.15, -0.1) is 0 Å². The predicted octanol–water partition coefficient (Wildman–Crippen LogP) is 3.01. The average molecular weight is 587 g/mol. The Balaban J connectivity index is 1.69. The third kappa shape index (κ3) is 11.7. The van der Waals surface area contributed by atoms with E-state index in [9.17, 15) is 45.6 Å². The molecule has 0 aliphatic carbocycles. The first-order valence-corrected chi connectivity index (χ1v) is 15.0. The molecule has 11 nitrogen and oxygen atoms in total. The maximum atomic E-state index is 12.3. The van der Waals surface area contributed by atoms with Crippen LogP contribution >= 0.6 is 0 Å². The van der Waals surface area contributed by atoms with Crippen molar-refractivity contribution >= 4 is 5.78 Å². The lowest BCUT2D eigenvalue weighted by atomic mass is 9.98. The minimum atomic E-state index is -1.51. The van der Waals surface area contributed by atoms with Crippen molar-refractivity contribution in [3.63, 3.8) is 0 Å². The Morgan fingerprint density at radius 1 is 0.854 bits per heavy atom. The second kappa shape index (κ2) is 18.5. The molecule has 1 aromatic rings. The molecule has 0 bridgehead atoms. The molecular formula is C30H50O11. The van der Waals surface area contributed by atoms with Crippen molar-refractivity contribution in [1.82, 2.24) is 0 Å². The van der Waals surface area contributed by atoms with Gasteiger partial charge in [-0.3, -0.25) is 4.79 Å². The van der Waals surface area contributed by atoms with Crippen LogP contribution in [-0.4, -0.2) is 96.2 Å². The second-order valence-electron chi connectivity index (χ2n) is 11.1. The predicted molar refractivity (Wildman–Crippen MR) is 151 cm³/mol. The number of aliphatic hydroxyl groups excluding tert-OH is 5. The summed E-state index contributed by atoms with van der Waals surface area (Å²) in [6.45, 7) is 1.51. The van der Waals surface area contributed by atoms with Gasteiger partial charge in [0.15, 0.2) is 12.1 Å². The summed E-state index contributed by atoms with van der Waals surface area (Å²) < 4.78 is 11.5. The van der Waals surface area contributed by atoms with Crippen LogP contribution in [0.3, 0.4) is 0 Å². The third-order valence-corrected chi connectivity index (χ3v) is 7.64. The summed E-state index contributed by atoms with van der Waals surface area (Å²) in [7, 11) is 0. The summed E-state index contributed by atoms with van der Waals surface area (Å²) in [6.07, 6.45) is 3.17. The molecule has 0 amide bonds. The van der Waals surface area contributed by atoms with Gasteiger partial charge in [-0.1, -0.05) is 64.7 Å². The Morgan fingerprint density at radius 3 is 2.02 bits per heavy atom. The standard InChI is InChI=1S/C30H50O11/c1-2-3-12-19(32)15-21(40-30-29(39)28(38)27(37)25(18-31)41-30)13-10-8-6-4-5-7-9-11-14-22(34)26-23(35)16-20(33)17-24(26)36/h16-17,19,21,25,27-33,35-39H,2-15,18H2,1H3. The summed E-state index contributed by atoms with van der Waals surface area (Å²) in [5.74, 6) is -1.52. The van der Waals surface area contributed by atoms with Gasteiger partial charge in [0.1, 0.15) is 47.2 Å². The normalized spacial score (nSPS) is 24.3. The maximum Gasteiger partial charge on any atom is 0.186 e. The molecule has 0 spiro atoms. The fraction of sp³-hybridized carbons (Fsp3) is 0.767. The van der Waals surface area contributed by atoms with Gasteiger partial charge in [0.05, 0.1) is 18.8 Å². The number of phenols is 3. The highest BCUT2D eigenvalue weighted by atomic mass is 16.7. The van der Waals surface area contributed by atoms with Crippen molar-refractivity contribution in [3.8, 4) is 17.2 Å². The molecule has 0 radical (unpaired) electrons.